The second kappa shape index (κ2) is 8.07. The molecule has 1 unspecified atom stereocenters. The van der Waals surface area contributed by atoms with E-state index < -0.39 is 17.8 Å². The maximum atomic E-state index is 14.9. The third kappa shape index (κ3) is 3.51. The van der Waals surface area contributed by atoms with Gasteiger partial charge in [0.15, 0.2) is 5.82 Å². The van der Waals surface area contributed by atoms with Crippen LogP contribution in [-0.4, -0.2) is 25.7 Å². The summed E-state index contributed by atoms with van der Waals surface area (Å²) in [6.07, 6.45) is 1.59. The number of rotatable bonds is 4. The van der Waals surface area contributed by atoms with Crippen LogP contribution in [0.15, 0.2) is 90.3 Å². The lowest BCUT2D eigenvalue weighted by molar-refractivity contribution is -0.113. The Morgan fingerprint density at radius 3 is 2.53 bits per heavy atom. The highest BCUT2D eigenvalue weighted by atomic mass is 19.1. The van der Waals surface area contributed by atoms with E-state index in [4.69, 9.17) is 0 Å². The molecule has 0 saturated heterocycles. The Balaban J connectivity index is 1.63. The number of benzene rings is 2. The molecule has 2 aromatic carbocycles. The van der Waals surface area contributed by atoms with Gasteiger partial charge < -0.3 is 10.6 Å². The molecule has 2 N–H and O–H groups in total. The zero-order valence-corrected chi connectivity index (χ0v) is 17.2. The van der Waals surface area contributed by atoms with Crippen molar-refractivity contribution in [3.8, 4) is 11.4 Å². The molecule has 0 bridgehead atoms. The smallest absolute Gasteiger partial charge is 0.257 e. The fourth-order valence-corrected chi connectivity index (χ4v) is 3.76. The molecule has 0 aliphatic carbocycles. The molecule has 0 radical (unpaired) electrons. The molecule has 4 aromatic rings. The van der Waals surface area contributed by atoms with E-state index >= 15 is 0 Å². The zero-order valence-electron chi connectivity index (χ0n) is 17.2. The molecule has 1 atom stereocenters. The number of fused-ring (bicyclic) bond motifs is 1. The molecule has 3 heterocycles. The summed E-state index contributed by atoms with van der Waals surface area (Å²) in [7, 11) is 0. The van der Waals surface area contributed by atoms with Gasteiger partial charge in [-0.1, -0.05) is 54.6 Å². The van der Waals surface area contributed by atoms with E-state index in [1.807, 2.05) is 30.3 Å². The maximum absolute atomic E-state index is 14.9. The van der Waals surface area contributed by atoms with Gasteiger partial charge in [-0.3, -0.25) is 4.79 Å². The van der Waals surface area contributed by atoms with Gasteiger partial charge >= 0.3 is 0 Å². The highest BCUT2D eigenvalue weighted by Gasteiger charge is 2.36. The molecule has 158 valence electrons. The molecular weight excluding hydrogens is 407 g/mol. The lowest BCUT2D eigenvalue weighted by atomic mass is 9.94. The minimum atomic E-state index is -0.805. The molecule has 1 aliphatic rings. The molecule has 8 heteroatoms. The van der Waals surface area contributed by atoms with Crippen LogP contribution in [0.3, 0.4) is 0 Å². The molecule has 7 nitrogen and oxygen atoms in total. The standard InChI is InChI=1S/C24H19FN6O/c1-15-20(23(32)28-19-13-7-8-14-26-19)21(17-11-5-6-12-18(17)25)31-24(27-15)29-22(30-31)16-9-3-2-4-10-16/h2-14,21H,1H3,(H,26,28,32)(H,27,29,30). The number of carbonyl (C=O) groups excluding carboxylic acids is 1. The Kier molecular flexibility index (Phi) is 4.95. The van der Waals surface area contributed by atoms with E-state index in [1.54, 1.807) is 54.2 Å². The van der Waals surface area contributed by atoms with Crippen molar-refractivity contribution in [1.82, 2.24) is 19.7 Å². The van der Waals surface area contributed by atoms with Gasteiger partial charge in [-0.05, 0) is 25.1 Å². The Morgan fingerprint density at radius 1 is 1.03 bits per heavy atom. The van der Waals surface area contributed by atoms with Gasteiger partial charge in [-0.2, -0.15) is 4.98 Å². The zero-order chi connectivity index (χ0) is 22.1. The summed E-state index contributed by atoms with van der Waals surface area (Å²) < 4.78 is 16.5. The normalized spacial score (nSPS) is 15.1. The Morgan fingerprint density at radius 2 is 1.78 bits per heavy atom. The summed E-state index contributed by atoms with van der Waals surface area (Å²) in [5, 5.41) is 10.6. The number of carbonyl (C=O) groups is 1. The van der Waals surface area contributed by atoms with Crippen molar-refractivity contribution in [3.05, 3.63) is 102 Å². The third-order valence-electron chi connectivity index (χ3n) is 5.24. The van der Waals surface area contributed by atoms with Crippen LogP contribution in [0.5, 0.6) is 0 Å². The highest BCUT2D eigenvalue weighted by Crippen LogP contribution is 2.37. The van der Waals surface area contributed by atoms with Gasteiger partial charge in [0, 0.05) is 23.0 Å². The van der Waals surface area contributed by atoms with Crippen LogP contribution >= 0.6 is 0 Å². The average Bonchev–Trinajstić information content (AvgIpc) is 3.23. The number of amides is 1. The van der Waals surface area contributed by atoms with E-state index in [9.17, 15) is 9.18 Å². The summed E-state index contributed by atoms with van der Waals surface area (Å²) in [5.41, 5.74) is 2.04. The Bertz CT molecular complexity index is 1320. The van der Waals surface area contributed by atoms with Crippen LogP contribution in [-0.2, 0) is 4.79 Å². The molecule has 1 amide bonds. The van der Waals surface area contributed by atoms with Gasteiger partial charge in [0.05, 0.1) is 5.57 Å². The number of nitrogens with one attached hydrogen (secondary N) is 2. The van der Waals surface area contributed by atoms with Crippen LogP contribution in [0.2, 0.25) is 0 Å². The lowest BCUT2D eigenvalue weighted by Gasteiger charge is -2.28. The van der Waals surface area contributed by atoms with E-state index in [0.717, 1.165) is 5.56 Å². The first-order chi connectivity index (χ1) is 15.6. The van der Waals surface area contributed by atoms with Crippen LogP contribution in [0.4, 0.5) is 16.2 Å². The summed E-state index contributed by atoms with van der Waals surface area (Å²) in [6, 6.07) is 20.3. The quantitative estimate of drug-likeness (QED) is 0.505. The van der Waals surface area contributed by atoms with Crippen molar-refractivity contribution in [1.29, 1.82) is 0 Å². The predicted molar refractivity (Wildman–Crippen MR) is 119 cm³/mol. The van der Waals surface area contributed by atoms with E-state index in [0.29, 0.717) is 34.4 Å². The van der Waals surface area contributed by atoms with Crippen LogP contribution < -0.4 is 10.6 Å². The number of pyridine rings is 1. The van der Waals surface area contributed by atoms with Crippen LogP contribution in [0, 0.1) is 5.82 Å². The number of nitrogens with zero attached hydrogens (tertiary/aromatic N) is 4. The van der Waals surface area contributed by atoms with Crippen molar-refractivity contribution in [2.45, 2.75) is 13.0 Å². The van der Waals surface area contributed by atoms with Crippen molar-refractivity contribution < 1.29 is 9.18 Å². The number of aromatic nitrogens is 4. The molecular formula is C24H19FN6O. The molecule has 2 aromatic heterocycles. The Hall–Kier alpha value is -4.33. The second-order valence-electron chi connectivity index (χ2n) is 7.33. The Labute approximate surface area is 183 Å². The number of hydrogen-bond donors (Lipinski definition) is 2. The lowest BCUT2D eigenvalue weighted by Crippen LogP contribution is -2.32. The largest absolute Gasteiger partial charge is 0.328 e. The highest BCUT2D eigenvalue weighted by molar-refractivity contribution is 6.05. The van der Waals surface area contributed by atoms with Gasteiger partial charge in [0.1, 0.15) is 17.7 Å². The molecule has 1 aliphatic heterocycles. The first-order valence-corrected chi connectivity index (χ1v) is 10.1. The summed E-state index contributed by atoms with van der Waals surface area (Å²) in [6.45, 7) is 1.77. The SMILES string of the molecule is CC1=C(C(=O)Nc2ccccn2)C(c2ccccc2F)n2nc(-c3ccccc3)nc2N1. The van der Waals surface area contributed by atoms with E-state index in [1.165, 1.54) is 6.07 Å². The first kappa shape index (κ1) is 19.6. The maximum Gasteiger partial charge on any atom is 0.257 e. The fraction of sp³-hybridized carbons (Fsp3) is 0.0833. The number of halogens is 1. The second-order valence-corrected chi connectivity index (χ2v) is 7.33. The predicted octanol–water partition coefficient (Wildman–Crippen LogP) is 4.41. The van der Waals surface area contributed by atoms with Crippen molar-refractivity contribution >= 4 is 17.7 Å². The van der Waals surface area contributed by atoms with Crippen LogP contribution in [0.25, 0.3) is 11.4 Å². The average molecular weight is 426 g/mol. The third-order valence-corrected chi connectivity index (χ3v) is 5.24. The van der Waals surface area contributed by atoms with Gasteiger partial charge in [0.2, 0.25) is 5.95 Å². The van der Waals surface area contributed by atoms with E-state index in [2.05, 4.69) is 25.7 Å². The molecule has 0 fully saturated rings. The molecule has 0 spiro atoms. The van der Waals surface area contributed by atoms with Gasteiger partial charge in [-0.25, -0.2) is 14.1 Å². The summed E-state index contributed by atoms with van der Waals surface area (Å²) in [4.78, 5) is 22.1. The summed E-state index contributed by atoms with van der Waals surface area (Å²) >= 11 is 0. The molecule has 5 rings (SSSR count). The molecule has 0 saturated carbocycles. The first-order valence-electron chi connectivity index (χ1n) is 10.1. The number of hydrogen-bond acceptors (Lipinski definition) is 5. The number of anilines is 2. The van der Waals surface area contributed by atoms with Crippen molar-refractivity contribution in [3.63, 3.8) is 0 Å². The minimum absolute atomic E-state index is 0.324. The van der Waals surface area contributed by atoms with Crippen molar-refractivity contribution in [2.75, 3.05) is 10.6 Å². The minimum Gasteiger partial charge on any atom is -0.328 e. The van der Waals surface area contributed by atoms with Gasteiger partial charge in [0.25, 0.3) is 5.91 Å². The topological polar surface area (TPSA) is 84.7 Å². The summed E-state index contributed by atoms with van der Waals surface area (Å²) in [5.74, 6) is 0.486. The molecule has 32 heavy (non-hydrogen) atoms. The number of allylic oxidation sites excluding steroid dienone is 1. The van der Waals surface area contributed by atoms with E-state index in [-0.39, 0.29) is 0 Å². The fourth-order valence-electron chi connectivity index (χ4n) is 3.76. The van der Waals surface area contributed by atoms with Crippen molar-refractivity contribution in [2.24, 2.45) is 0 Å². The monoisotopic (exact) mass is 426 g/mol. The van der Waals surface area contributed by atoms with Crippen LogP contribution in [0.1, 0.15) is 18.5 Å². The van der Waals surface area contributed by atoms with Gasteiger partial charge in [-0.15, -0.1) is 5.10 Å².